The molecule has 0 radical (unpaired) electrons. The van der Waals surface area contributed by atoms with Crippen LogP contribution < -0.4 is 10.3 Å². The second-order valence-electron chi connectivity index (χ2n) is 4.33. The van der Waals surface area contributed by atoms with Gasteiger partial charge in [0, 0.05) is 12.1 Å². The van der Waals surface area contributed by atoms with Crippen molar-refractivity contribution in [2.45, 2.75) is 0 Å². The minimum Gasteiger partial charge on any atom is -0.425 e. The smallest absolute Gasteiger partial charge is 0.305 e. The van der Waals surface area contributed by atoms with E-state index in [9.17, 15) is 4.79 Å². The molecule has 2 aromatic carbocycles. The third-order valence-corrected chi connectivity index (χ3v) is 3.22. The first-order chi connectivity index (χ1) is 9.65. The van der Waals surface area contributed by atoms with Crippen molar-refractivity contribution in [3.8, 4) is 11.8 Å². The summed E-state index contributed by atoms with van der Waals surface area (Å²) in [5, 5.41) is 1.19. The zero-order valence-corrected chi connectivity index (χ0v) is 11.5. The Bertz CT molecular complexity index is 825. The quantitative estimate of drug-likeness (QED) is 0.725. The predicted molar refractivity (Wildman–Crippen MR) is 78.5 cm³/mol. The molecule has 0 atom stereocenters. The molecule has 3 aromatic rings. The van der Waals surface area contributed by atoms with Crippen molar-refractivity contribution in [3.63, 3.8) is 0 Å². The van der Waals surface area contributed by atoms with Crippen LogP contribution in [0, 0.1) is 0 Å². The van der Waals surface area contributed by atoms with Crippen LogP contribution in [0.4, 0.5) is 0 Å². The summed E-state index contributed by atoms with van der Waals surface area (Å²) in [6.45, 7) is 0. The first-order valence-corrected chi connectivity index (χ1v) is 6.42. The van der Waals surface area contributed by atoms with Gasteiger partial charge in [0.1, 0.15) is 5.75 Å². The highest BCUT2D eigenvalue weighted by molar-refractivity contribution is 6.30. The van der Waals surface area contributed by atoms with Crippen LogP contribution in [0.5, 0.6) is 11.8 Å². The van der Waals surface area contributed by atoms with E-state index in [1.165, 1.54) is 4.57 Å². The molecule has 4 nitrogen and oxygen atoms in total. The van der Waals surface area contributed by atoms with E-state index in [0.29, 0.717) is 21.7 Å². The molecule has 1 aromatic heterocycles. The topological polar surface area (TPSA) is 44.1 Å². The molecule has 0 fully saturated rings. The number of halogens is 1. The lowest BCUT2D eigenvalue weighted by molar-refractivity contribution is 0.416. The van der Waals surface area contributed by atoms with E-state index in [0.717, 1.165) is 0 Å². The maximum Gasteiger partial charge on any atom is 0.305 e. The van der Waals surface area contributed by atoms with Gasteiger partial charge in [-0.25, -0.2) is 0 Å². The van der Waals surface area contributed by atoms with Crippen LogP contribution >= 0.6 is 11.6 Å². The predicted octanol–water partition coefficient (Wildman–Crippen LogP) is 3.38. The molecule has 0 amide bonds. The fourth-order valence-corrected chi connectivity index (χ4v) is 2.02. The number of rotatable bonds is 2. The van der Waals surface area contributed by atoms with Crippen LogP contribution in [0.2, 0.25) is 5.02 Å². The van der Waals surface area contributed by atoms with Crippen molar-refractivity contribution in [3.05, 3.63) is 63.9 Å². The summed E-state index contributed by atoms with van der Waals surface area (Å²) >= 11 is 5.82. The Balaban J connectivity index is 2.10. The Morgan fingerprint density at radius 3 is 2.55 bits per heavy atom. The number of hydrogen-bond acceptors (Lipinski definition) is 3. The summed E-state index contributed by atoms with van der Waals surface area (Å²) in [5.74, 6) is 0.576. The number of benzene rings is 2. The van der Waals surface area contributed by atoms with Gasteiger partial charge in [0.05, 0.1) is 10.9 Å². The fraction of sp³-hybridized carbons (Fsp3) is 0.0667. The zero-order chi connectivity index (χ0) is 14.1. The van der Waals surface area contributed by atoms with Gasteiger partial charge in [0.2, 0.25) is 0 Å². The van der Waals surface area contributed by atoms with Crippen LogP contribution in [-0.2, 0) is 7.05 Å². The third-order valence-electron chi connectivity index (χ3n) is 2.96. The Hall–Kier alpha value is -2.33. The van der Waals surface area contributed by atoms with Gasteiger partial charge < -0.3 is 4.74 Å². The standard InChI is InChI=1S/C15H11ClN2O2/c1-18-14(19)12-4-2-3-5-13(12)17-15(18)20-11-8-6-10(16)7-9-11/h2-9H,1H3. The molecule has 100 valence electrons. The highest BCUT2D eigenvalue weighted by Gasteiger charge is 2.09. The number of para-hydroxylation sites is 1. The number of aromatic nitrogens is 2. The number of fused-ring (bicyclic) bond motifs is 1. The highest BCUT2D eigenvalue weighted by Crippen LogP contribution is 2.21. The SMILES string of the molecule is Cn1c(Oc2ccc(Cl)cc2)nc2ccccc2c1=O. The number of hydrogen-bond donors (Lipinski definition) is 0. The van der Waals surface area contributed by atoms with Crippen molar-refractivity contribution < 1.29 is 4.74 Å². The molecule has 5 heteroatoms. The molecular formula is C15H11ClN2O2. The average Bonchev–Trinajstić information content (AvgIpc) is 2.47. The lowest BCUT2D eigenvalue weighted by atomic mass is 10.2. The molecular weight excluding hydrogens is 276 g/mol. The maximum absolute atomic E-state index is 12.2. The first-order valence-electron chi connectivity index (χ1n) is 6.04. The minimum atomic E-state index is -0.139. The number of ether oxygens (including phenoxy) is 1. The lowest BCUT2D eigenvalue weighted by Gasteiger charge is -2.10. The van der Waals surface area contributed by atoms with Gasteiger partial charge in [-0.05, 0) is 36.4 Å². The average molecular weight is 287 g/mol. The van der Waals surface area contributed by atoms with E-state index in [2.05, 4.69) is 4.98 Å². The fourth-order valence-electron chi connectivity index (χ4n) is 1.90. The molecule has 0 aliphatic carbocycles. The normalized spacial score (nSPS) is 10.7. The largest absolute Gasteiger partial charge is 0.425 e. The van der Waals surface area contributed by atoms with Gasteiger partial charge in [0.15, 0.2) is 0 Å². The van der Waals surface area contributed by atoms with Crippen molar-refractivity contribution in [1.29, 1.82) is 0 Å². The monoisotopic (exact) mass is 286 g/mol. The molecule has 0 N–H and O–H groups in total. The Labute approximate surface area is 120 Å². The van der Waals surface area contributed by atoms with E-state index in [1.54, 1.807) is 43.4 Å². The highest BCUT2D eigenvalue weighted by atomic mass is 35.5. The van der Waals surface area contributed by atoms with Crippen molar-refractivity contribution in [2.24, 2.45) is 7.05 Å². The first kappa shape index (κ1) is 12.7. The Morgan fingerprint density at radius 2 is 1.80 bits per heavy atom. The summed E-state index contributed by atoms with van der Waals surface area (Å²) in [6, 6.07) is 14.3. The number of nitrogens with zero attached hydrogens (tertiary/aromatic N) is 2. The van der Waals surface area contributed by atoms with Crippen LogP contribution in [0.3, 0.4) is 0 Å². The van der Waals surface area contributed by atoms with Crippen LogP contribution in [0.1, 0.15) is 0 Å². The van der Waals surface area contributed by atoms with Gasteiger partial charge in [-0.1, -0.05) is 23.7 Å². The Kier molecular flexibility index (Phi) is 3.16. The molecule has 0 aliphatic rings. The summed E-state index contributed by atoms with van der Waals surface area (Å²) < 4.78 is 7.03. The van der Waals surface area contributed by atoms with Gasteiger partial charge in [-0.2, -0.15) is 4.98 Å². The zero-order valence-electron chi connectivity index (χ0n) is 10.7. The molecule has 1 heterocycles. The van der Waals surface area contributed by atoms with Crippen molar-refractivity contribution in [1.82, 2.24) is 9.55 Å². The van der Waals surface area contributed by atoms with E-state index in [1.807, 2.05) is 12.1 Å². The third kappa shape index (κ3) is 2.26. The van der Waals surface area contributed by atoms with Crippen LogP contribution in [0.25, 0.3) is 10.9 Å². The molecule has 20 heavy (non-hydrogen) atoms. The summed E-state index contributed by atoms with van der Waals surface area (Å²) in [7, 11) is 1.63. The van der Waals surface area contributed by atoms with Gasteiger partial charge >= 0.3 is 6.01 Å². The summed E-state index contributed by atoms with van der Waals surface area (Å²) in [6.07, 6.45) is 0. The van der Waals surface area contributed by atoms with Crippen LogP contribution in [-0.4, -0.2) is 9.55 Å². The van der Waals surface area contributed by atoms with E-state index in [4.69, 9.17) is 16.3 Å². The lowest BCUT2D eigenvalue weighted by Crippen LogP contribution is -2.19. The molecule has 0 saturated carbocycles. The molecule has 0 spiro atoms. The molecule has 0 unspecified atom stereocenters. The Morgan fingerprint density at radius 1 is 1.10 bits per heavy atom. The van der Waals surface area contributed by atoms with Crippen molar-refractivity contribution >= 4 is 22.5 Å². The molecule has 0 saturated heterocycles. The van der Waals surface area contributed by atoms with Crippen LogP contribution in [0.15, 0.2) is 53.3 Å². The van der Waals surface area contributed by atoms with Gasteiger partial charge in [0.25, 0.3) is 5.56 Å². The molecule has 0 bridgehead atoms. The van der Waals surface area contributed by atoms with E-state index in [-0.39, 0.29) is 11.6 Å². The maximum atomic E-state index is 12.2. The molecule has 3 rings (SSSR count). The summed E-state index contributed by atoms with van der Waals surface area (Å²) in [5.41, 5.74) is 0.471. The molecule has 0 aliphatic heterocycles. The van der Waals surface area contributed by atoms with Crippen molar-refractivity contribution in [2.75, 3.05) is 0 Å². The van der Waals surface area contributed by atoms with Gasteiger partial charge in [-0.3, -0.25) is 9.36 Å². The summed E-state index contributed by atoms with van der Waals surface area (Å²) in [4.78, 5) is 16.6. The van der Waals surface area contributed by atoms with E-state index >= 15 is 0 Å². The second kappa shape index (κ2) is 4.98. The minimum absolute atomic E-state index is 0.139. The van der Waals surface area contributed by atoms with E-state index < -0.39 is 0 Å². The second-order valence-corrected chi connectivity index (χ2v) is 4.77. The van der Waals surface area contributed by atoms with Gasteiger partial charge in [-0.15, -0.1) is 0 Å².